The van der Waals surface area contributed by atoms with Gasteiger partial charge in [0.1, 0.15) is 5.60 Å². The van der Waals surface area contributed by atoms with E-state index in [1.54, 1.807) is 18.6 Å². The van der Waals surface area contributed by atoms with Gasteiger partial charge in [0.05, 0.1) is 25.3 Å². The number of rotatable bonds is 5. The number of carboxylic acids is 2. The van der Waals surface area contributed by atoms with E-state index >= 15 is 0 Å². The van der Waals surface area contributed by atoms with Crippen molar-refractivity contribution in [3.63, 3.8) is 0 Å². The van der Waals surface area contributed by atoms with E-state index in [2.05, 4.69) is 9.97 Å². The number of nitrogens with zero attached hydrogens (tertiary/aromatic N) is 3. The summed E-state index contributed by atoms with van der Waals surface area (Å²) in [5.41, 5.74) is 1.43. The molecular formula is C24H25F6N3O7. The zero-order valence-electron chi connectivity index (χ0n) is 20.9. The molecule has 2 aliphatic rings. The molecule has 4 heterocycles. The topological polar surface area (TPSA) is 139 Å². The lowest BCUT2D eigenvalue weighted by molar-refractivity contribution is -0.193. The van der Waals surface area contributed by atoms with Gasteiger partial charge in [0.2, 0.25) is 5.88 Å². The van der Waals surface area contributed by atoms with E-state index in [9.17, 15) is 31.1 Å². The van der Waals surface area contributed by atoms with E-state index in [0.29, 0.717) is 37.1 Å². The molecule has 220 valence electrons. The molecule has 0 saturated carbocycles. The lowest BCUT2D eigenvalue weighted by atomic mass is 9.79. The standard InChI is InChI=1S/C20H23N3O3.2C2HF3O2/c1-15-10-16(12-21-11-15)19(24)23-13-20(14-23)17(6-9-26-20)5-8-25-18-4-2-3-7-22-18;2*3-2(4,5)1(6)7/h2-4,7,10-12,17H,5-6,8-9,13-14H2,1H3;2*(H,6,7). The maximum Gasteiger partial charge on any atom is 0.490 e. The van der Waals surface area contributed by atoms with Gasteiger partial charge in [0, 0.05) is 31.3 Å². The average molecular weight is 581 g/mol. The number of hydrogen-bond acceptors (Lipinski definition) is 7. The highest BCUT2D eigenvalue weighted by Crippen LogP contribution is 2.42. The normalized spacial score (nSPS) is 17.5. The second kappa shape index (κ2) is 13.4. The summed E-state index contributed by atoms with van der Waals surface area (Å²) in [6.07, 6.45) is -3.13. The average Bonchev–Trinajstić information content (AvgIpc) is 3.27. The van der Waals surface area contributed by atoms with Crippen LogP contribution in [-0.2, 0) is 14.3 Å². The molecule has 2 fully saturated rings. The van der Waals surface area contributed by atoms with Crippen molar-refractivity contribution in [3.8, 4) is 5.88 Å². The van der Waals surface area contributed by atoms with Crippen LogP contribution in [0, 0.1) is 12.8 Å². The summed E-state index contributed by atoms with van der Waals surface area (Å²) in [5.74, 6) is -4.42. The number of aliphatic carboxylic acids is 2. The molecule has 0 aromatic carbocycles. The van der Waals surface area contributed by atoms with Gasteiger partial charge in [0.25, 0.3) is 5.91 Å². The summed E-state index contributed by atoms with van der Waals surface area (Å²) in [4.78, 5) is 40.6. The van der Waals surface area contributed by atoms with Crippen molar-refractivity contribution in [2.45, 2.75) is 37.7 Å². The third-order valence-electron chi connectivity index (χ3n) is 5.76. The van der Waals surface area contributed by atoms with Gasteiger partial charge in [-0.2, -0.15) is 26.3 Å². The van der Waals surface area contributed by atoms with Crippen LogP contribution in [-0.4, -0.2) is 87.2 Å². The number of carboxylic acid groups (broad SMARTS) is 2. The number of carbonyl (C=O) groups is 3. The maximum absolute atomic E-state index is 12.6. The predicted octanol–water partition coefficient (Wildman–Crippen LogP) is 3.75. The van der Waals surface area contributed by atoms with Gasteiger partial charge >= 0.3 is 24.3 Å². The van der Waals surface area contributed by atoms with E-state index in [0.717, 1.165) is 25.0 Å². The molecule has 2 aromatic rings. The largest absolute Gasteiger partial charge is 0.490 e. The van der Waals surface area contributed by atoms with Crippen molar-refractivity contribution in [2.75, 3.05) is 26.3 Å². The van der Waals surface area contributed by atoms with Crippen molar-refractivity contribution in [1.82, 2.24) is 14.9 Å². The lowest BCUT2D eigenvalue weighted by Crippen LogP contribution is -2.66. The Balaban J connectivity index is 0.000000333. The number of amides is 1. The van der Waals surface area contributed by atoms with Gasteiger partial charge in [-0.1, -0.05) is 6.07 Å². The second-order valence-corrected chi connectivity index (χ2v) is 8.72. The first-order chi connectivity index (χ1) is 18.5. The molecule has 1 amide bonds. The SMILES string of the molecule is Cc1cncc(C(=O)N2CC3(C2)OCCC3CCOc2ccccn2)c1.O=C(O)C(F)(F)F.O=C(O)C(F)(F)F. The van der Waals surface area contributed by atoms with Gasteiger partial charge in [-0.25, -0.2) is 14.6 Å². The predicted molar refractivity (Wildman–Crippen MR) is 123 cm³/mol. The highest BCUT2D eigenvalue weighted by atomic mass is 19.4. The fraction of sp³-hybridized carbons (Fsp3) is 0.458. The van der Waals surface area contributed by atoms with Gasteiger partial charge in [-0.3, -0.25) is 9.78 Å². The monoisotopic (exact) mass is 581 g/mol. The van der Waals surface area contributed by atoms with Crippen molar-refractivity contribution >= 4 is 17.8 Å². The third-order valence-corrected chi connectivity index (χ3v) is 5.76. The number of pyridine rings is 2. The van der Waals surface area contributed by atoms with Crippen LogP contribution in [0.5, 0.6) is 5.88 Å². The number of aromatic nitrogens is 2. The van der Waals surface area contributed by atoms with Gasteiger partial charge in [0.15, 0.2) is 0 Å². The van der Waals surface area contributed by atoms with E-state index in [1.165, 1.54) is 0 Å². The Labute approximate surface area is 223 Å². The summed E-state index contributed by atoms with van der Waals surface area (Å²) >= 11 is 0. The quantitative estimate of drug-likeness (QED) is 0.506. The van der Waals surface area contributed by atoms with Gasteiger partial charge < -0.3 is 24.6 Å². The molecular weight excluding hydrogens is 556 g/mol. The Bertz CT molecular complexity index is 1130. The molecule has 2 aliphatic heterocycles. The smallest absolute Gasteiger partial charge is 0.478 e. The first-order valence-corrected chi connectivity index (χ1v) is 11.5. The summed E-state index contributed by atoms with van der Waals surface area (Å²) in [5, 5.41) is 14.2. The van der Waals surface area contributed by atoms with E-state index in [4.69, 9.17) is 29.3 Å². The Morgan fingerprint density at radius 1 is 1.07 bits per heavy atom. The number of alkyl halides is 6. The van der Waals surface area contributed by atoms with Gasteiger partial charge in [-0.15, -0.1) is 0 Å². The molecule has 2 aromatic heterocycles. The van der Waals surface area contributed by atoms with Crippen LogP contribution in [0.4, 0.5) is 26.3 Å². The minimum absolute atomic E-state index is 0.0332. The molecule has 1 atom stereocenters. The molecule has 4 rings (SSSR count). The molecule has 0 aliphatic carbocycles. The van der Waals surface area contributed by atoms with Crippen LogP contribution in [0.3, 0.4) is 0 Å². The fourth-order valence-corrected chi connectivity index (χ4v) is 3.88. The summed E-state index contributed by atoms with van der Waals surface area (Å²) < 4.78 is 75.3. The number of aryl methyl sites for hydroxylation is 1. The molecule has 0 radical (unpaired) electrons. The first-order valence-electron chi connectivity index (χ1n) is 11.5. The molecule has 2 N–H and O–H groups in total. The molecule has 10 nitrogen and oxygen atoms in total. The molecule has 16 heteroatoms. The zero-order chi connectivity index (χ0) is 30.1. The third kappa shape index (κ3) is 9.36. The minimum atomic E-state index is -5.08. The van der Waals surface area contributed by atoms with Crippen molar-refractivity contribution in [3.05, 3.63) is 54.0 Å². The number of ether oxygens (including phenoxy) is 2. The zero-order valence-corrected chi connectivity index (χ0v) is 20.9. The minimum Gasteiger partial charge on any atom is -0.478 e. The lowest BCUT2D eigenvalue weighted by Gasteiger charge is -2.50. The van der Waals surface area contributed by atoms with E-state index in [-0.39, 0.29) is 11.5 Å². The Morgan fingerprint density at radius 3 is 2.17 bits per heavy atom. The van der Waals surface area contributed by atoms with Crippen molar-refractivity contribution < 1.29 is 60.4 Å². The van der Waals surface area contributed by atoms with Crippen molar-refractivity contribution in [1.29, 1.82) is 0 Å². The van der Waals surface area contributed by atoms with E-state index in [1.807, 2.05) is 36.1 Å². The molecule has 1 unspecified atom stereocenters. The van der Waals surface area contributed by atoms with Crippen LogP contribution in [0.15, 0.2) is 42.9 Å². The van der Waals surface area contributed by atoms with Crippen LogP contribution in [0.1, 0.15) is 28.8 Å². The van der Waals surface area contributed by atoms with E-state index < -0.39 is 24.3 Å². The fourth-order valence-electron chi connectivity index (χ4n) is 3.88. The molecule has 1 spiro atoms. The summed E-state index contributed by atoms with van der Waals surface area (Å²) in [6.45, 7) is 4.60. The Kier molecular flexibility index (Phi) is 10.8. The number of carbonyl (C=O) groups excluding carboxylic acids is 1. The Hall–Kier alpha value is -3.95. The summed E-state index contributed by atoms with van der Waals surface area (Å²) in [6, 6.07) is 7.53. The maximum atomic E-state index is 12.6. The summed E-state index contributed by atoms with van der Waals surface area (Å²) in [7, 11) is 0. The highest BCUT2D eigenvalue weighted by Gasteiger charge is 2.54. The number of hydrogen-bond donors (Lipinski definition) is 2. The van der Waals surface area contributed by atoms with Crippen LogP contribution in [0.25, 0.3) is 0 Å². The molecule has 0 bridgehead atoms. The number of likely N-dealkylation sites (tertiary alicyclic amines) is 1. The van der Waals surface area contributed by atoms with Crippen LogP contribution in [0.2, 0.25) is 0 Å². The molecule has 2 saturated heterocycles. The second-order valence-electron chi connectivity index (χ2n) is 8.72. The van der Waals surface area contributed by atoms with Crippen LogP contribution >= 0.6 is 0 Å². The highest BCUT2D eigenvalue weighted by molar-refractivity contribution is 5.94. The molecule has 40 heavy (non-hydrogen) atoms. The van der Waals surface area contributed by atoms with Gasteiger partial charge in [-0.05, 0) is 43.4 Å². The first kappa shape index (κ1) is 32.3. The van der Waals surface area contributed by atoms with Crippen LogP contribution < -0.4 is 4.74 Å². The number of halogens is 6. The Morgan fingerprint density at radius 2 is 1.68 bits per heavy atom. The van der Waals surface area contributed by atoms with Crippen molar-refractivity contribution in [2.24, 2.45) is 5.92 Å².